The molecule has 232 valence electrons. The minimum atomic E-state index is -5.28. The lowest BCUT2D eigenvalue weighted by atomic mass is 9.91. The molecule has 3 aromatic carbocycles. The topological polar surface area (TPSA) is 57.2 Å². The van der Waals surface area contributed by atoms with Crippen molar-refractivity contribution in [3.05, 3.63) is 116 Å². The van der Waals surface area contributed by atoms with Crippen molar-refractivity contribution in [2.75, 3.05) is 5.75 Å². The number of fused-ring (bicyclic) bond motifs is 1. The van der Waals surface area contributed by atoms with E-state index in [0.717, 1.165) is 46.7 Å². The molecule has 1 aromatic heterocycles. The number of halogens is 9. The Balaban J connectivity index is 1.79. The Bertz CT molecular complexity index is 1800. The lowest BCUT2D eigenvalue weighted by molar-refractivity contribution is -0.275. The summed E-state index contributed by atoms with van der Waals surface area (Å²) in [6.45, 7) is 1.28. The van der Waals surface area contributed by atoms with Crippen LogP contribution in [0.25, 0.3) is 11.1 Å². The second kappa shape index (κ2) is 11.5. The van der Waals surface area contributed by atoms with Gasteiger partial charge in [-0.1, -0.05) is 36.4 Å². The van der Waals surface area contributed by atoms with Crippen LogP contribution in [0.1, 0.15) is 39.9 Å². The van der Waals surface area contributed by atoms with Gasteiger partial charge in [-0.3, -0.25) is 9.36 Å². The first-order valence-electron chi connectivity index (χ1n) is 12.9. The number of rotatable bonds is 6. The standard InChI is InChI=1S/C30H21F9N2O2S/c1-14-17(12-18-19(29(34,35)36)8-5-10-21(18)32)28-41(22(13-44-28)26(40)15-6-2-3-9-20(15)31)27(42)24(14)16-7-4-11-23(25(16)33)43-30(37,38)39/h2-11,22,26H,12-13,40H2,1H3. The van der Waals surface area contributed by atoms with Gasteiger partial charge in [-0.05, 0) is 42.3 Å². The van der Waals surface area contributed by atoms with Crippen LogP contribution in [-0.2, 0) is 12.6 Å². The molecule has 0 aliphatic carbocycles. The molecular weight excluding hydrogens is 623 g/mol. The van der Waals surface area contributed by atoms with E-state index in [4.69, 9.17) is 5.73 Å². The van der Waals surface area contributed by atoms with Crippen molar-refractivity contribution in [1.29, 1.82) is 0 Å². The van der Waals surface area contributed by atoms with Gasteiger partial charge in [0.05, 0.1) is 28.2 Å². The van der Waals surface area contributed by atoms with E-state index < -0.39 is 82.1 Å². The molecule has 1 aliphatic rings. The summed E-state index contributed by atoms with van der Waals surface area (Å²) in [6.07, 6.45) is -11.0. The van der Waals surface area contributed by atoms with E-state index in [1.807, 2.05) is 0 Å². The highest BCUT2D eigenvalue weighted by Crippen LogP contribution is 2.45. The molecule has 0 radical (unpaired) electrons. The molecule has 14 heteroatoms. The number of alkyl halides is 6. The summed E-state index contributed by atoms with van der Waals surface area (Å²) in [4.78, 5) is 14.1. The second-order valence-electron chi connectivity index (χ2n) is 9.99. The van der Waals surface area contributed by atoms with Gasteiger partial charge in [-0.25, -0.2) is 13.2 Å². The van der Waals surface area contributed by atoms with Crippen molar-refractivity contribution in [2.45, 2.75) is 43.0 Å². The summed E-state index contributed by atoms with van der Waals surface area (Å²) in [5, 5.41) is 0.0903. The van der Waals surface area contributed by atoms with Crippen LogP contribution in [0.2, 0.25) is 0 Å². The Morgan fingerprint density at radius 1 is 0.932 bits per heavy atom. The molecule has 44 heavy (non-hydrogen) atoms. The molecule has 4 nitrogen and oxygen atoms in total. The largest absolute Gasteiger partial charge is 0.573 e. The maximum absolute atomic E-state index is 15.6. The predicted molar refractivity (Wildman–Crippen MR) is 145 cm³/mol. The fourth-order valence-corrected chi connectivity index (χ4v) is 6.80. The average molecular weight is 645 g/mol. The van der Waals surface area contributed by atoms with Crippen LogP contribution in [0.3, 0.4) is 0 Å². The highest BCUT2D eigenvalue weighted by atomic mass is 32.2. The summed E-state index contributed by atoms with van der Waals surface area (Å²) in [7, 11) is 0. The molecule has 2 unspecified atom stereocenters. The number of benzene rings is 3. The number of nitrogens with zero attached hydrogens (tertiary/aromatic N) is 1. The first-order chi connectivity index (χ1) is 20.6. The first kappa shape index (κ1) is 31.5. The minimum Gasteiger partial charge on any atom is -0.403 e. The van der Waals surface area contributed by atoms with Crippen molar-refractivity contribution in [2.24, 2.45) is 5.73 Å². The van der Waals surface area contributed by atoms with Gasteiger partial charge in [-0.15, -0.1) is 24.9 Å². The van der Waals surface area contributed by atoms with Crippen LogP contribution in [0, 0.1) is 24.4 Å². The van der Waals surface area contributed by atoms with Gasteiger partial charge < -0.3 is 10.5 Å². The van der Waals surface area contributed by atoms with Crippen LogP contribution in [0.15, 0.2) is 70.5 Å². The third-order valence-electron chi connectivity index (χ3n) is 7.37. The first-order valence-corrected chi connectivity index (χ1v) is 13.9. The van der Waals surface area contributed by atoms with Gasteiger partial charge in [0.15, 0.2) is 11.6 Å². The monoisotopic (exact) mass is 644 g/mol. The number of hydrogen-bond acceptors (Lipinski definition) is 4. The van der Waals surface area contributed by atoms with Gasteiger partial charge in [-0.2, -0.15) is 13.2 Å². The summed E-state index contributed by atoms with van der Waals surface area (Å²) >= 11 is 1.01. The molecule has 0 spiro atoms. The van der Waals surface area contributed by atoms with Crippen LogP contribution < -0.4 is 16.0 Å². The summed E-state index contributed by atoms with van der Waals surface area (Å²) in [5.41, 5.74) is 2.22. The number of thioether (sulfide) groups is 1. The summed E-state index contributed by atoms with van der Waals surface area (Å²) in [5.74, 6) is -4.66. The third-order valence-corrected chi connectivity index (χ3v) is 8.60. The molecule has 5 rings (SSSR count). The Hall–Kier alpha value is -3.91. The molecule has 0 fully saturated rings. The molecule has 0 saturated carbocycles. The Morgan fingerprint density at radius 2 is 1.59 bits per heavy atom. The van der Waals surface area contributed by atoms with Crippen molar-refractivity contribution in [3.8, 4) is 16.9 Å². The molecule has 0 bridgehead atoms. The number of ether oxygens (including phenoxy) is 1. The highest BCUT2D eigenvalue weighted by Gasteiger charge is 2.39. The fraction of sp³-hybridized carbons (Fsp3) is 0.233. The molecule has 2 heterocycles. The van der Waals surface area contributed by atoms with Crippen LogP contribution in [0.4, 0.5) is 39.5 Å². The van der Waals surface area contributed by atoms with Crippen LogP contribution in [0.5, 0.6) is 5.75 Å². The van der Waals surface area contributed by atoms with Crippen LogP contribution >= 0.6 is 11.8 Å². The lowest BCUT2D eigenvalue weighted by Crippen LogP contribution is -2.34. The van der Waals surface area contributed by atoms with Crippen molar-refractivity contribution < 1.29 is 44.3 Å². The number of aromatic nitrogens is 1. The zero-order chi connectivity index (χ0) is 32.1. The van der Waals surface area contributed by atoms with E-state index in [0.29, 0.717) is 12.1 Å². The minimum absolute atomic E-state index is 0.00928. The Labute approximate surface area is 248 Å². The zero-order valence-electron chi connectivity index (χ0n) is 22.5. The average Bonchev–Trinajstić information content (AvgIpc) is 3.38. The molecule has 0 saturated heterocycles. The molecule has 1 aliphatic heterocycles. The third kappa shape index (κ3) is 5.80. The SMILES string of the molecule is Cc1c(Cc2c(F)cccc2C(F)(F)F)c2n(c(=O)c1-c1cccc(OC(F)(F)F)c1F)C(C(N)c1ccccc1F)CS2. The Kier molecular flexibility index (Phi) is 8.27. The maximum Gasteiger partial charge on any atom is 0.573 e. The van der Waals surface area contributed by atoms with E-state index in [2.05, 4.69) is 4.74 Å². The molecule has 2 atom stereocenters. The van der Waals surface area contributed by atoms with Crippen molar-refractivity contribution >= 4 is 11.8 Å². The fourth-order valence-electron chi connectivity index (χ4n) is 5.36. The second-order valence-corrected chi connectivity index (χ2v) is 11.0. The molecule has 0 amide bonds. The Morgan fingerprint density at radius 3 is 2.25 bits per heavy atom. The molecular formula is C30H21F9N2O2S. The van der Waals surface area contributed by atoms with Gasteiger partial charge in [0.2, 0.25) is 0 Å². The number of nitrogens with two attached hydrogens (primary N) is 1. The highest BCUT2D eigenvalue weighted by molar-refractivity contribution is 7.99. The summed E-state index contributed by atoms with van der Waals surface area (Å²) < 4.78 is 131. The van der Waals surface area contributed by atoms with Crippen molar-refractivity contribution in [1.82, 2.24) is 4.57 Å². The van der Waals surface area contributed by atoms with E-state index in [-0.39, 0.29) is 27.5 Å². The van der Waals surface area contributed by atoms with E-state index in [1.54, 1.807) is 0 Å². The van der Waals surface area contributed by atoms with E-state index in [9.17, 15) is 39.9 Å². The van der Waals surface area contributed by atoms with E-state index >= 15 is 4.39 Å². The summed E-state index contributed by atoms with van der Waals surface area (Å²) in [6, 6.07) is 8.38. The smallest absolute Gasteiger partial charge is 0.403 e. The molecule has 4 aromatic rings. The predicted octanol–water partition coefficient (Wildman–Crippen LogP) is 8.10. The van der Waals surface area contributed by atoms with Gasteiger partial charge in [0.25, 0.3) is 5.56 Å². The quantitative estimate of drug-likeness (QED) is 0.216. The van der Waals surface area contributed by atoms with Crippen molar-refractivity contribution in [3.63, 3.8) is 0 Å². The van der Waals surface area contributed by atoms with E-state index in [1.165, 1.54) is 25.1 Å². The van der Waals surface area contributed by atoms with Gasteiger partial charge in [0.1, 0.15) is 11.6 Å². The zero-order valence-corrected chi connectivity index (χ0v) is 23.3. The van der Waals surface area contributed by atoms with Gasteiger partial charge >= 0.3 is 12.5 Å². The normalized spacial score (nSPS) is 15.8. The maximum atomic E-state index is 15.6. The van der Waals surface area contributed by atoms with Gasteiger partial charge in [0, 0.05) is 28.9 Å². The van der Waals surface area contributed by atoms with Crippen LogP contribution in [-0.4, -0.2) is 16.7 Å². The number of hydrogen-bond donors (Lipinski definition) is 1. The lowest BCUT2D eigenvalue weighted by Gasteiger charge is -2.25. The number of pyridine rings is 1. The molecule has 2 N–H and O–H groups in total.